The van der Waals surface area contributed by atoms with Crippen LogP contribution in [0, 0.1) is 0 Å². The van der Waals surface area contributed by atoms with Crippen molar-refractivity contribution in [2.24, 2.45) is 0 Å². The molecule has 0 fully saturated rings. The van der Waals surface area contributed by atoms with Crippen LogP contribution in [0.5, 0.6) is 0 Å². The second kappa shape index (κ2) is 5.82. The molecule has 2 aromatic heterocycles. The molecule has 2 rings (SSSR count). The Bertz CT molecular complexity index is 496. The first-order chi connectivity index (χ1) is 8.76. The molecule has 0 aliphatic heterocycles. The van der Waals surface area contributed by atoms with Crippen molar-refractivity contribution < 1.29 is 0 Å². The summed E-state index contributed by atoms with van der Waals surface area (Å²) < 4.78 is 0. The third kappa shape index (κ3) is 2.61. The Kier molecular flexibility index (Phi) is 4.15. The molecule has 0 unspecified atom stereocenters. The SMILES string of the molecule is CCc1c(NC)ncnc1N(C)Cc1ccsc1. The molecule has 18 heavy (non-hydrogen) atoms. The number of thiophene rings is 1. The van der Waals surface area contributed by atoms with Crippen LogP contribution in [0.1, 0.15) is 18.1 Å². The van der Waals surface area contributed by atoms with Gasteiger partial charge in [0, 0.05) is 26.2 Å². The van der Waals surface area contributed by atoms with Crippen LogP contribution in [0.2, 0.25) is 0 Å². The van der Waals surface area contributed by atoms with Gasteiger partial charge in [-0.25, -0.2) is 9.97 Å². The molecule has 1 N–H and O–H groups in total. The fourth-order valence-electron chi connectivity index (χ4n) is 2.00. The van der Waals surface area contributed by atoms with E-state index in [0.29, 0.717) is 0 Å². The van der Waals surface area contributed by atoms with Gasteiger partial charge in [-0.3, -0.25) is 0 Å². The number of anilines is 2. The lowest BCUT2D eigenvalue weighted by molar-refractivity contribution is 0.874. The largest absolute Gasteiger partial charge is 0.373 e. The summed E-state index contributed by atoms with van der Waals surface area (Å²) >= 11 is 1.72. The van der Waals surface area contributed by atoms with Gasteiger partial charge < -0.3 is 10.2 Å². The van der Waals surface area contributed by atoms with Gasteiger partial charge in [0.2, 0.25) is 0 Å². The van der Waals surface area contributed by atoms with E-state index in [0.717, 1.165) is 30.2 Å². The van der Waals surface area contributed by atoms with Gasteiger partial charge in [-0.2, -0.15) is 11.3 Å². The van der Waals surface area contributed by atoms with Gasteiger partial charge in [0.1, 0.15) is 18.0 Å². The van der Waals surface area contributed by atoms with Crippen LogP contribution in [-0.2, 0) is 13.0 Å². The predicted octanol–water partition coefficient (Wildman–Crippen LogP) is 2.78. The fraction of sp³-hybridized carbons (Fsp3) is 0.385. The summed E-state index contributed by atoms with van der Waals surface area (Å²) in [6.07, 6.45) is 2.53. The zero-order chi connectivity index (χ0) is 13.0. The van der Waals surface area contributed by atoms with Crippen LogP contribution in [0.15, 0.2) is 23.2 Å². The molecule has 5 heteroatoms. The van der Waals surface area contributed by atoms with E-state index in [1.54, 1.807) is 17.7 Å². The molecule has 0 saturated carbocycles. The summed E-state index contributed by atoms with van der Waals surface area (Å²) in [6.45, 7) is 3.00. The Morgan fingerprint density at radius 2 is 2.22 bits per heavy atom. The number of nitrogens with one attached hydrogen (secondary N) is 1. The first-order valence-electron chi connectivity index (χ1n) is 6.00. The van der Waals surface area contributed by atoms with Crippen LogP contribution in [-0.4, -0.2) is 24.1 Å². The predicted molar refractivity (Wildman–Crippen MR) is 77.4 cm³/mol. The minimum atomic E-state index is 0.872. The maximum Gasteiger partial charge on any atom is 0.137 e. The van der Waals surface area contributed by atoms with Crippen molar-refractivity contribution in [3.8, 4) is 0 Å². The first kappa shape index (κ1) is 12.8. The Labute approximate surface area is 112 Å². The number of hydrogen-bond acceptors (Lipinski definition) is 5. The Balaban J connectivity index is 2.26. The molecule has 0 aliphatic rings. The van der Waals surface area contributed by atoms with Crippen LogP contribution in [0.3, 0.4) is 0 Å². The Hall–Kier alpha value is -1.62. The lowest BCUT2D eigenvalue weighted by Gasteiger charge is -2.21. The van der Waals surface area contributed by atoms with Gasteiger partial charge in [-0.15, -0.1) is 0 Å². The summed E-state index contributed by atoms with van der Waals surface area (Å²) in [5.41, 5.74) is 2.48. The van der Waals surface area contributed by atoms with Crippen LogP contribution >= 0.6 is 11.3 Å². The first-order valence-corrected chi connectivity index (χ1v) is 6.94. The summed E-state index contributed by atoms with van der Waals surface area (Å²) in [4.78, 5) is 10.8. The minimum Gasteiger partial charge on any atom is -0.373 e. The molecule has 0 aliphatic carbocycles. The molecular formula is C13H18N4S. The molecule has 0 spiro atoms. The van der Waals surface area contributed by atoms with E-state index in [-0.39, 0.29) is 0 Å². The number of rotatable bonds is 5. The van der Waals surface area contributed by atoms with Gasteiger partial charge in [0.05, 0.1) is 0 Å². The quantitative estimate of drug-likeness (QED) is 0.899. The third-order valence-corrected chi connectivity index (χ3v) is 3.61. The molecule has 0 amide bonds. The van der Waals surface area contributed by atoms with E-state index in [1.807, 2.05) is 7.05 Å². The monoisotopic (exact) mass is 262 g/mol. The summed E-state index contributed by atoms with van der Waals surface area (Å²) in [6, 6.07) is 2.15. The van der Waals surface area contributed by atoms with Crippen molar-refractivity contribution in [1.82, 2.24) is 9.97 Å². The van der Waals surface area contributed by atoms with Crippen molar-refractivity contribution in [3.63, 3.8) is 0 Å². The molecule has 96 valence electrons. The van der Waals surface area contributed by atoms with Crippen molar-refractivity contribution in [2.45, 2.75) is 19.9 Å². The van der Waals surface area contributed by atoms with E-state index in [2.05, 4.69) is 51.0 Å². The fourth-order valence-corrected chi connectivity index (χ4v) is 2.66. The molecule has 0 bridgehead atoms. The highest BCUT2D eigenvalue weighted by Crippen LogP contribution is 2.24. The van der Waals surface area contributed by atoms with E-state index in [9.17, 15) is 0 Å². The maximum atomic E-state index is 4.42. The molecule has 0 radical (unpaired) electrons. The lowest BCUT2D eigenvalue weighted by Crippen LogP contribution is -2.20. The maximum absolute atomic E-state index is 4.42. The minimum absolute atomic E-state index is 0.872. The molecule has 0 saturated heterocycles. The lowest BCUT2D eigenvalue weighted by atomic mass is 10.2. The second-order valence-electron chi connectivity index (χ2n) is 4.12. The average molecular weight is 262 g/mol. The van der Waals surface area contributed by atoms with Crippen LogP contribution < -0.4 is 10.2 Å². The highest BCUT2D eigenvalue weighted by molar-refractivity contribution is 7.07. The van der Waals surface area contributed by atoms with Crippen LogP contribution in [0.4, 0.5) is 11.6 Å². The third-order valence-electron chi connectivity index (χ3n) is 2.87. The van der Waals surface area contributed by atoms with Crippen molar-refractivity contribution >= 4 is 23.0 Å². The van der Waals surface area contributed by atoms with Crippen molar-refractivity contribution in [3.05, 3.63) is 34.3 Å². The smallest absolute Gasteiger partial charge is 0.137 e. The van der Waals surface area contributed by atoms with Crippen molar-refractivity contribution in [2.75, 3.05) is 24.3 Å². The molecule has 2 heterocycles. The van der Waals surface area contributed by atoms with Gasteiger partial charge >= 0.3 is 0 Å². The molecule has 4 nitrogen and oxygen atoms in total. The van der Waals surface area contributed by atoms with E-state index in [4.69, 9.17) is 0 Å². The number of aromatic nitrogens is 2. The standard InChI is InChI=1S/C13H18N4S/c1-4-11-12(14-2)15-9-16-13(11)17(3)7-10-5-6-18-8-10/h5-6,8-9H,4,7H2,1-3H3,(H,14,15,16). The van der Waals surface area contributed by atoms with Crippen LogP contribution in [0.25, 0.3) is 0 Å². The van der Waals surface area contributed by atoms with E-state index < -0.39 is 0 Å². The molecule has 2 aromatic rings. The summed E-state index contributed by atoms with van der Waals surface area (Å²) in [7, 11) is 3.96. The Morgan fingerprint density at radius 1 is 1.39 bits per heavy atom. The number of hydrogen-bond donors (Lipinski definition) is 1. The van der Waals surface area contributed by atoms with E-state index in [1.165, 1.54) is 5.56 Å². The highest BCUT2D eigenvalue weighted by atomic mass is 32.1. The second-order valence-corrected chi connectivity index (χ2v) is 4.90. The zero-order valence-electron chi connectivity index (χ0n) is 11.0. The average Bonchev–Trinajstić information content (AvgIpc) is 2.90. The summed E-state index contributed by atoms with van der Waals surface area (Å²) in [5, 5.41) is 7.39. The molecule has 0 atom stereocenters. The highest BCUT2D eigenvalue weighted by Gasteiger charge is 2.12. The summed E-state index contributed by atoms with van der Waals surface area (Å²) in [5.74, 6) is 1.92. The number of nitrogens with zero attached hydrogens (tertiary/aromatic N) is 3. The van der Waals surface area contributed by atoms with Gasteiger partial charge in [-0.05, 0) is 28.8 Å². The van der Waals surface area contributed by atoms with E-state index >= 15 is 0 Å². The van der Waals surface area contributed by atoms with Gasteiger partial charge in [0.15, 0.2) is 0 Å². The van der Waals surface area contributed by atoms with Gasteiger partial charge in [0.25, 0.3) is 0 Å². The van der Waals surface area contributed by atoms with Crippen molar-refractivity contribution in [1.29, 1.82) is 0 Å². The Morgan fingerprint density at radius 3 is 2.83 bits per heavy atom. The van der Waals surface area contributed by atoms with Gasteiger partial charge in [-0.1, -0.05) is 6.92 Å². The topological polar surface area (TPSA) is 41.1 Å². The molecule has 0 aromatic carbocycles. The molecular weight excluding hydrogens is 244 g/mol. The zero-order valence-corrected chi connectivity index (χ0v) is 11.8. The normalized spacial score (nSPS) is 10.4.